The molecule has 0 radical (unpaired) electrons. The number of hydrogen-bond acceptors (Lipinski definition) is 1. The van der Waals surface area contributed by atoms with Crippen LogP contribution in [0.3, 0.4) is 0 Å². The zero-order valence-corrected chi connectivity index (χ0v) is 4.21. The highest BCUT2D eigenvalue weighted by Gasteiger charge is 1.67. The minimum Gasteiger partial charge on any atom is -0.274 e. The van der Waals surface area contributed by atoms with Gasteiger partial charge >= 0.3 is 0 Å². The number of carbonyl (C=O) groups excluding carboxylic acids is 1. The van der Waals surface area contributed by atoms with Crippen LogP contribution in [0.15, 0.2) is 0 Å². The summed E-state index contributed by atoms with van der Waals surface area (Å²) in [5.74, 6) is 0. The molecule has 0 aliphatic carbocycles. The fraction of sp³-hybridized carbons (Fsp3) is 0. The zero-order valence-electron chi connectivity index (χ0n) is 1.73. The fourth-order valence-electron chi connectivity index (χ4n) is 0. The minimum atomic E-state index is -0.326. The topological polar surface area (TPSA) is 17.1 Å². The van der Waals surface area contributed by atoms with E-state index in [0.717, 1.165) is 0 Å². The predicted octanol–water partition coefficient (Wildman–Crippen LogP) is 1.43. The van der Waals surface area contributed by atoms with Crippen molar-refractivity contribution < 1.29 is 4.79 Å². The van der Waals surface area contributed by atoms with E-state index in [-0.39, 0.29) is 4.02 Å². The summed E-state index contributed by atoms with van der Waals surface area (Å²) in [6.45, 7) is 0. The number of hydrogen-bond donors (Lipinski definition) is 1. The van der Waals surface area contributed by atoms with Gasteiger partial charge in [0.25, 0.3) is 4.02 Å². The molecular weight excluding hydrogens is 140 g/mol. The molecule has 24 valence electrons. The van der Waals surface area contributed by atoms with E-state index in [1.165, 1.54) is 0 Å². The Hall–Kier alpha value is 0.500. The Morgan fingerprint density at radius 3 is 2.00 bits per heavy atom. The lowest BCUT2D eigenvalue weighted by atomic mass is 11.8. The smallest absolute Gasteiger partial charge is 0.251 e. The van der Waals surface area contributed by atoms with Crippen LogP contribution in [0.4, 0.5) is 4.79 Å². The molecular formula is CHBrOS. The maximum Gasteiger partial charge on any atom is 0.251 e. The van der Waals surface area contributed by atoms with Crippen LogP contribution in [0.25, 0.3) is 0 Å². The van der Waals surface area contributed by atoms with Gasteiger partial charge in [-0.3, -0.25) is 4.79 Å². The van der Waals surface area contributed by atoms with E-state index in [1.54, 1.807) is 0 Å². The number of halogens is 1. The summed E-state index contributed by atoms with van der Waals surface area (Å²) in [7, 11) is 0. The lowest BCUT2D eigenvalue weighted by Gasteiger charge is -1.51. The first-order valence-electron chi connectivity index (χ1n) is 0.617. The van der Waals surface area contributed by atoms with Crippen molar-refractivity contribution >= 4 is 32.6 Å². The first kappa shape index (κ1) is 4.50. The van der Waals surface area contributed by atoms with Gasteiger partial charge in [0.15, 0.2) is 0 Å². The third-order valence-corrected chi connectivity index (χ3v) is 0. The van der Waals surface area contributed by atoms with Crippen molar-refractivity contribution in [2.75, 3.05) is 0 Å². The normalized spacial score (nSPS) is 6.50. The number of rotatable bonds is 0. The first-order valence-corrected chi connectivity index (χ1v) is 1.86. The molecule has 0 unspecified atom stereocenters. The molecule has 0 N–H and O–H groups in total. The molecule has 0 atom stereocenters. The molecule has 0 aromatic heterocycles. The minimum absolute atomic E-state index is 0.326. The Morgan fingerprint density at radius 2 is 2.00 bits per heavy atom. The van der Waals surface area contributed by atoms with E-state index in [9.17, 15) is 4.79 Å². The third-order valence-electron chi connectivity index (χ3n) is 0. The van der Waals surface area contributed by atoms with Crippen molar-refractivity contribution in [3.8, 4) is 0 Å². The summed E-state index contributed by atoms with van der Waals surface area (Å²) in [5, 5.41) is 0. The van der Waals surface area contributed by atoms with E-state index in [1.807, 2.05) is 0 Å². The molecule has 0 aliphatic heterocycles. The molecule has 4 heavy (non-hydrogen) atoms. The van der Waals surface area contributed by atoms with Crippen LogP contribution in [-0.4, -0.2) is 4.02 Å². The van der Waals surface area contributed by atoms with E-state index >= 15 is 0 Å². The second-order valence-electron chi connectivity index (χ2n) is 0.253. The summed E-state index contributed by atoms with van der Waals surface area (Å²) in [4.78, 5) is 9.23. The van der Waals surface area contributed by atoms with Gasteiger partial charge in [-0.2, -0.15) is 0 Å². The van der Waals surface area contributed by atoms with Crippen molar-refractivity contribution in [2.24, 2.45) is 0 Å². The average Bonchev–Trinajstić information content (AvgIpc) is 0.811. The number of carbonyl (C=O) groups is 1. The summed E-state index contributed by atoms with van der Waals surface area (Å²) in [6, 6.07) is 0. The van der Waals surface area contributed by atoms with Gasteiger partial charge in [-0.05, 0) is 0 Å². The van der Waals surface area contributed by atoms with Gasteiger partial charge in [0.2, 0.25) is 0 Å². The highest BCUT2D eigenvalue weighted by atomic mass is 79.9. The second kappa shape index (κ2) is 1.79. The van der Waals surface area contributed by atoms with Gasteiger partial charge in [-0.25, -0.2) is 0 Å². The predicted molar refractivity (Wildman–Crippen MR) is 23.3 cm³/mol. The van der Waals surface area contributed by atoms with Gasteiger partial charge in [-0.15, -0.1) is 0 Å². The van der Waals surface area contributed by atoms with Crippen molar-refractivity contribution in [2.45, 2.75) is 0 Å². The Labute approximate surface area is 37.9 Å². The van der Waals surface area contributed by atoms with Gasteiger partial charge in [0.1, 0.15) is 0 Å². The van der Waals surface area contributed by atoms with Crippen molar-refractivity contribution in [3.05, 3.63) is 0 Å². The maximum absolute atomic E-state index is 9.23. The van der Waals surface area contributed by atoms with E-state index in [0.29, 0.717) is 0 Å². The zero-order chi connectivity index (χ0) is 3.58. The van der Waals surface area contributed by atoms with Gasteiger partial charge < -0.3 is 0 Å². The van der Waals surface area contributed by atoms with Crippen LogP contribution in [0.5, 0.6) is 0 Å². The molecule has 0 amide bonds. The highest BCUT2D eigenvalue weighted by Crippen LogP contribution is 1.87. The fourth-order valence-corrected chi connectivity index (χ4v) is 0. The third kappa shape index (κ3) is 22.5. The summed E-state index contributed by atoms with van der Waals surface area (Å²) >= 11 is 5.74. The van der Waals surface area contributed by atoms with E-state index < -0.39 is 0 Å². The van der Waals surface area contributed by atoms with Crippen LogP contribution in [-0.2, 0) is 0 Å². The van der Waals surface area contributed by atoms with Crippen LogP contribution in [0.1, 0.15) is 0 Å². The Kier molecular flexibility index (Phi) is 2.01. The van der Waals surface area contributed by atoms with E-state index in [2.05, 4.69) is 28.6 Å². The quantitative estimate of drug-likeness (QED) is 0.398. The standard InChI is InChI=1S/CHBrOS/c2-1(3)4/h(H,3,4). The molecule has 0 saturated heterocycles. The molecule has 0 bridgehead atoms. The van der Waals surface area contributed by atoms with Gasteiger partial charge in [-0.1, -0.05) is 12.6 Å². The SMILES string of the molecule is O=C(S)Br. The molecule has 1 nitrogen and oxygen atoms in total. The lowest BCUT2D eigenvalue weighted by Crippen LogP contribution is -1.45. The van der Waals surface area contributed by atoms with Crippen LogP contribution in [0.2, 0.25) is 0 Å². The Balaban J connectivity index is 2.80. The van der Waals surface area contributed by atoms with E-state index in [4.69, 9.17) is 0 Å². The molecule has 0 fully saturated rings. The molecule has 0 saturated carbocycles. The summed E-state index contributed by atoms with van der Waals surface area (Å²) < 4.78 is -0.326. The molecule has 0 spiro atoms. The summed E-state index contributed by atoms with van der Waals surface area (Å²) in [6.07, 6.45) is 0. The van der Waals surface area contributed by atoms with Gasteiger partial charge in [0.05, 0.1) is 0 Å². The molecule has 0 heterocycles. The Bertz CT molecular complexity index is 31.0. The largest absolute Gasteiger partial charge is 0.274 e. The van der Waals surface area contributed by atoms with Gasteiger partial charge in [0, 0.05) is 15.9 Å². The molecule has 3 heteroatoms. The average molecular weight is 141 g/mol. The Morgan fingerprint density at radius 1 is 2.00 bits per heavy atom. The van der Waals surface area contributed by atoms with Crippen molar-refractivity contribution in [1.29, 1.82) is 0 Å². The molecule has 0 rings (SSSR count). The second-order valence-corrected chi connectivity index (χ2v) is 1.99. The van der Waals surface area contributed by atoms with Crippen LogP contribution < -0.4 is 0 Å². The van der Waals surface area contributed by atoms with Crippen LogP contribution in [0, 0.1) is 0 Å². The molecule has 0 aromatic rings. The maximum atomic E-state index is 9.23. The first-order chi connectivity index (χ1) is 1.73. The van der Waals surface area contributed by atoms with Crippen LogP contribution >= 0.6 is 28.6 Å². The lowest BCUT2D eigenvalue weighted by molar-refractivity contribution is 0.277. The highest BCUT2D eigenvalue weighted by molar-refractivity contribution is 9.21. The number of thiol groups is 1. The summed E-state index contributed by atoms with van der Waals surface area (Å²) in [5.41, 5.74) is 0. The molecule has 0 aromatic carbocycles. The molecule has 0 aliphatic rings. The van der Waals surface area contributed by atoms with Crippen molar-refractivity contribution in [3.63, 3.8) is 0 Å². The monoisotopic (exact) mass is 140 g/mol. The van der Waals surface area contributed by atoms with Crippen molar-refractivity contribution in [1.82, 2.24) is 0 Å².